The monoisotopic (exact) mass is 528 g/mol. The van der Waals surface area contributed by atoms with E-state index >= 15 is 4.39 Å². The average molecular weight is 529 g/mol. The number of halogens is 3. The molecule has 0 radical (unpaired) electrons. The number of nitrogens with two attached hydrogens (primary N) is 1. The first-order chi connectivity index (χ1) is 18.8. The van der Waals surface area contributed by atoms with Crippen molar-refractivity contribution >= 4 is 22.4 Å². The molecule has 4 heterocycles. The summed E-state index contributed by atoms with van der Waals surface area (Å²) >= 11 is 0. The molecule has 3 aromatic heterocycles. The molecular formula is C30H27F3N6. The third-order valence-corrected chi connectivity index (χ3v) is 6.87. The van der Waals surface area contributed by atoms with E-state index in [0.29, 0.717) is 53.4 Å². The van der Waals surface area contributed by atoms with Gasteiger partial charge in [0.1, 0.15) is 11.6 Å². The van der Waals surface area contributed by atoms with Gasteiger partial charge < -0.3 is 10.7 Å². The molecule has 2 aliphatic rings. The Morgan fingerprint density at radius 3 is 2.72 bits per heavy atom. The first-order valence-electron chi connectivity index (χ1n) is 12.5. The maximum Gasteiger partial charge on any atom is 0.261 e. The molecule has 1 fully saturated rings. The third-order valence-electron chi connectivity index (χ3n) is 6.87. The fourth-order valence-corrected chi connectivity index (χ4v) is 5.05. The van der Waals surface area contributed by atoms with E-state index in [4.69, 9.17) is 5.73 Å². The van der Waals surface area contributed by atoms with Gasteiger partial charge in [0, 0.05) is 66.9 Å². The molecule has 1 aliphatic heterocycles. The van der Waals surface area contributed by atoms with Crippen LogP contribution in [0.4, 0.5) is 18.9 Å². The number of nitrogen functional groups attached to an aromatic ring is 1. The van der Waals surface area contributed by atoms with E-state index in [9.17, 15) is 8.78 Å². The number of anilines is 1. The van der Waals surface area contributed by atoms with Gasteiger partial charge in [-0.1, -0.05) is 18.2 Å². The summed E-state index contributed by atoms with van der Waals surface area (Å²) in [5.74, 6) is -2.47. The summed E-state index contributed by atoms with van der Waals surface area (Å²) in [5.41, 5.74) is 12.5. The second-order valence-corrected chi connectivity index (χ2v) is 9.64. The van der Waals surface area contributed by atoms with E-state index in [-0.39, 0.29) is 13.0 Å². The van der Waals surface area contributed by atoms with Crippen LogP contribution in [0.5, 0.6) is 0 Å². The van der Waals surface area contributed by atoms with Gasteiger partial charge in [0.2, 0.25) is 0 Å². The second kappa shape index (κ2) is 10.8. The summed E-state index contributed by atoms with van der Waals surface area (Å²) in [6.45, 7) is 0.373. The first kappa shape index (κ1) is 26.2. The number of pyridine rings is 2. The molecule has 4 aromatic rings. The van der Waals surface area contributed by atoms with Gasteiger partial charge in [-0.3, -0.25) is 9.88 Å². The Kier molecular flexibility index (Phi) is 7.22. The Morgan fingerprint density at radius 2 is 1.97 bits per heavy atom. The van der Waals surface area contributed by atoms with Crippen molar-refractivity contribution in [2.45, 2.75) is 31.7 Å². The van der Waals surface area contributed by atoms with Gasteiger partial charge >= 0.3 is 0 Å². The highest BCUT2D eigenvalue weighted by Crippen LogP contribution is 2.32. The molecule has 1 aromatic carbocycles. The quantitative estimate of drug-likeness (QED) is 0.245. The number of terminal acetylenes is 1. The van der Waals surface area contributed by atoms with Crippen molar-refractivity contribution in [1.29, 1.82) is 0 Å². The lowest BCUT2D eigenvalue weighted by molar-refractivity contribution is 0.0115. The van der Waals surface area contributed by atoms with Gasteiger partial charge in [-0.05, 0) is 47.4 Å². The lowest BCUT2D eigenvalue weighted by Gasteiger charge is -2.16. The van der Waals surface area contributed by atoms with Crippen molar-refractivity contribution in [3.05, 3.63) is 89.4 Å². The molecule has 6 rings (SSSR count). The van der Waals surface area contributed by atoms with E-state index in [1.165, 1.54) is 6.07 Å². The number of alkyl halides is 2. The van der Waals surface area contributed by atoms with Crippen molar-refractivity contribution in [3.63, 3.8) is 0 Å². The molecule has 0 unspecified atom stereocenters. The number of rotatable bonds is 6. The van der Waals surface area contributed by atoms with Crippen molar-refractivity contribution < 1.29 is 13.2 Å². The molecular weight excluding hydrogens is 501 g/mol. The van der Waals surface area contributed by atoms with E-state index in [1.807, 2.05) is 6.07 Å². The molecule has 0 spiro atoms. The fourth-order valence-electron chi connectivity index (χ4n) is 5.05. The maximum atomic E-state index is 15.0. The van der Waals surface area contributed by atoms with Crippen LogP contribution in [0.1, 0.15) is 35.4 Å². The van der Waals surface area contributed by atoms with Crippen LogP contribution in [0.2, 0.25) is 0 Å². The van der Waals surface area contributed by atoms with Crippen LogP contribution in [0.3, 0.4) is 0 Å². The number of hydrogen-bond donors (Lipinski definition) is 2. The minimum Gasteiger partial charge on any atom is -0.398 e. The van der Waals surface area contributed by atoms with Crippen molar-refractivity contribution in [2.24, 2.45) is 0 Å². The largest absolute Gasteiger partial charge is 0.398 e. The zero-order valence-corrected chi connectivity index (χ0v) is 21.2. The lowest BCUT2D eigenvalue weighted by Crippen LogP contribution is -2.24. The van der Waals surface area contributed by atoms with Crippen LogP contribution in [0.15, 0.2) is 61.1 Å². The highest BCUT2D eigenvalue weighted by atomic mass is 19.3. The number of likely N-dealkylation sites (tertiary alicyclic amines) is 1. The molecule has 0 saturated carbocycles. The zero-order valence-electron chi connectivity index (χ0n) is 21.2. The van der Waals surface area contributed by atoms with Crippen LogP contribution < -0.4 is 5.73 Å². The van der Waals surface area contributed by atoms with Gasteiger partial charge in [0.25, 0.3) is 5.92 Å². The third kappa shape index (κ3) is 5.56. The van der Waals surface area contributed by atoms with Gasteiger partial charge in [0.15, 0.2) is 5.65 Å². The molecule has 3 N–H and O–H groups in total. The summed E-state index contributed by atoms with van der Waals surface area (Å²) < 4.78 is 42.2. The minimum absolute atomic E-state index is 0.150. The number of imidazole rings is 1. The number of aromatic nitrogens is 4. The number of benzene rings is 1. The Bertz CT molecular complexity index is 1600. The normalized spacial score (nSPS) is 16.3. The van der Waals surface area contributed by atoms with E-state index in [0.717, 1.165) is 28.6 Å². The zero-order chi connectivity index (χ0) is 27.6. The number of nitrogens with one attached hydrogen (secondary N) is 1. The standard InChI is InChI=1S/C28H25F3N6.C2H2/c29-23-12-24(32)19(11-25-35-26-21(18-3-1-2-4-18)5-7-34-27(26)36-25)10-22(23)20-9-17(13-33-14-20)15-37-8-6-28(30,31)16-37;1-2/h1,3-5,7,9-10,12-14H,2,6,8,11,15-16,32H2,(H,34,35,36);1-2H. The fraction of sp³-hybridized carbons (Fsp3) is 0.233. The first-order valence-corrected chi connectivity index (χ1v) is 12.5. The SMILES string of the molecule is C#C.Nc1cc(F)c(-c2cncc(CN3CCC(F)(F)C3)c2)cc1Cc1nc2nccc(C3=CCC=C3)c2[nH]1. The van der Waals surface area contributed by atoms with Crippen molar-refractivity contribution in [1.82, 2.24) is 24.8 Å². The number of H-pyrrole nitrogens is 1. The summed E-state index contributed by atoms with van der Waals surface area (Å²) in [7, 11) is 0. The highest BCUT2D eigenvalue weighted by Gasteiger charge is 2.37. The van der Waals surface area contributed by atoms with Gasteiger partial charge in [-0.15, -0.1) is 12.8 Å². The summed E-state index contributed by atoms with van der Waals surface area (Å²) in [6.07, 6.45) is 20.4. The molecule has 0 bridgehead atoms. The average Bonchev–Trinajstić information content (AvgIpc) is 3.67. The summed E-state index contributed by atoms with van der Waals surface area (Å²) in [6, 6.07) is 6.76. The van der Waals surface area contributed by atoms with Gasteiger partial charge in [-0.2, -0.15) is 0 Å². The van der Waals surface area contributed by atoms with E-state index in [2.05, 4.69) is 51.0 Å². The van der Waals surface area contributed by atoms with Gasteiger partial charge in [-0.25, -0.2) is 23.1 Å². The Balaban J connectivity index is 0.00000151. The molecule has 198 valence electrons. The molecule has 39 heavy (non-hydrogen) atoms. The highest BCUT2D eigenvalue weighted by molar-refractivity contribution is 5.91. The van der Waals surface area contributed by atoms with E-state index < -0.39 is 11.7 Å². The number of hydrogen-bond acceptors (Lipinski definition) is 5. The molecule has 9 heteroatoms. The molecule has 6 nitrogen and oxygen atoms in total. The molecule has 1 aliphatic carbocycles. The topological polar surface area (TPSA) is 83.7 Å². The Labute approximate surface area is 224 Å². The number of allylic oxidation sites excluding steroid dienone is 4. The summed E-state index contributed by atoms with van der Waals surface area (Å²) in [4.78, 5) is 18.3. The predicted molar refractivity (Wildman–Crippen MR) is 147 cm³/mol. The minimum atomic E-state index is -2.67. The lowest BCUT2D eigenvalue weighted by atomic mass is 9.99. The van der Waals surface area contributed by atoms with Crippen molar-refractivity contribution in [3.8, 4) is 24.0 Å². The Morgan fingerprint density at radius 1 is 1.13 bits per heavy atom. The summed E-state index contributed by atoms with van der Waals surface area (Å²) in [5, 5.41) is 0. The van der Waals surface area contributed by atoms with Crippen LogP contribution in [-0.4, -0.2) is 43.8 Å². The molecule has 0 atom stereocenters. The Hall–Kier alpha value is -4.42. The predicted octanol–water partition coefficient (Wildman–Crippen LogP) is 5.77. The number of aromatic amines is 1. The van der Waals surface area contributed by atoms with Crippen LogP contribution >= 0.6 is 0 Å². The van der Waals surface area contributed by atoms with Gasteiger partial charge in [0.05, 0.1) is 12.1 Å². The van der Waals surface area contributed by atoms with Crippen LogP contribution in [-0.2, 0) is 13.0 Å². The number of fused-ring (bicyclic) bond motifs is 1. The van der Waals surface area contributed by atoms with E-state index in [1.54, 1.807) is 35.6 Å². The molecule has 0 amide bonds. The van der Waals surface area contributed by atoms with Crippen LogP contribution in [0.25, 0.3) is 27.9 Å². The number of nitrogens with zero attached hydrogens (tertiary/aromatic N) is 4. The molecule has 1 saturated heterocycles. The van der Waals surface area contributed by atoms with Crippen molar-refractivity contribution in [2.75, 3.05) is 18.8 Å². The second-order valence-electron chi connectivity index (χ2n) is 9.64. The maximum absolute atomic E-state index is 15.0. The van der Waals surface area contributed by atoms with Crippen LogP contribution in [0, 0.1) is 18.7 Å². The smallest absolute Gasteiger partial charge is 0.261 e.